The third-order valence-corrected chi connectivity index (χ3v) is 5.44. The molecule has 1 aromatic carbocycles. The van der Waals surface area contributed by atoms with Gasteiger partial charge in [-0.1, -0.05) is 18.6 Å². The van der Waals surface area contributed by atoms with Gasteiger partial charge in [-0.2, -0.15) is 0 Å². The molecule has 23 heavy (non-hydrogen) atoms. The predicted octanol–water partition coefficient (Wildman–Crippen LogP) is 2.17. The van der Waals surface area contributed by atoms with Crippen molar-refractivity contribution in [1.29, 1.82) is 0 Å². The number of piperazine rings is 1. The summed E-state index contributed by atoms with van der Waals surface area (Å²) in [6.07, 6.45) is 4.13. The van der Waals surface area contributed by atoms with E-state index in [4.69, 9.17) is 4.98 Å². The first-order valence-electron chi connectivity index (χ1n) is 8.92. The number of anilines is 1. The maximum absolute atomic E-state index is 4.73. The molecule has 1 unspecified atom stereocenters. The molecule has 0 aliphatic carbocycles. The summed E-state index contributed by atoms with van der Waals surface area (Å²) in [7, 11) is 2.29. The summed E-state index contributed by atoms with van der Waals surface area (Å²) in [5.41, 5.74) is 2.20. The van der Waals surface area contributed by atoms with Crippen LogP contribution in [0.5, 0.6) is 0 Å². The van der Waals surface area contributed by atoms with Crippen LogP contribution in [0, 0.1) is 0 Å². The number of H-pyrrole nitrogens is 1. The number of piperidine rings is 1. The van der Waals surface area contributed by atoms with Crippen molar-refractivity contribution < 1.29 is 0 Å². The number of hydrogen-bond donors (Lipinski definition) is 1. The van der Waals surface area contributed by atoms with E-state index in [2.05, 4.69) is 44.9 Å². The van der Waals surface area contributed by atoms with Crippen molar-refractivity contribution in [2.24, 2.45) is 0 Å². The Morgan fingerprint density at radius 2 is 1.91 bits per heavy atom. The number of imidazole rings is 1. The lowest BCUT2D eigenvalue weighted by molar-refractivity contribution is 0.124. The second-order valence-corrected chi connectivity index (χ2v) is 7.00. The van der Waals surface area contributed by atoms with Crippen LogP contribution < -0.4 is 4.90 Å². The Morgan fingerprint density at radius 1 is 1.09 bits per heavy atom. The summed E-state index contributed by atoms with van der Waals surface area (Å²) in [5, 5.41) is 0. The molecule has 1 aromatic heterocycles. The molecule has 3 heterocycles. The molecule has 1 N–H and O–H groups in total. The number of likely N-dealkylation sites (N-methyl/N-ethyl adjacent to an activating group) is 1. The zero-order valence-corrected chi connectivity index (χ0v) is 14.0. The van der Waals surface area contributed by atoms with Gasteiger partial charge in [-0.25, -0.2) is 4.98 Å². The van der Waals surface area contributed by atoms with Crippen LogP contribution in [0.4, 0.5) is 5.95 Å². The van der Waals surface area contributed by atoms with Crippen LogP contribution in [-0.4, -0.2) is 72.1 Å². The van der Waals surface area contributed by atoms with Gasteiger partial charge in [-0.15, -0.1) is 0 Å². The van der Waals surface area contributed by atoms with Crippen molar-refractivity contribution in [2.75, 3.05) is 51.2 Å². The van der Waals surface area contributed by atoms with Gasteiger partial charge in [0, 0.05) is 38.8 Å². The Labute approximate surface area is 138 Å². The van der Waals surface area contributed by atoms with E-state index in [1.165, 1.54) is 32.4 Å². The third-order valence-electron chi connectivity index (χ3n) is 5.44. The Bertz CT molecular complexity index is 611. The van der Waals surface area contributed by atoms with Crippen LogP contribution in [0.25, 0.3) is 11.0 Å². The Hall–Kier alpha value is -1.59. The van der Waals surface area contributed by atoms with Gasteiger partial charge in [-0.05, 0) is 38.6 Å². The molecule has 0 radical (unpaired) electrons. The first-order valence-corrected chi connectivity index (χ1v) is 8.92. The Morgan fingerprint density at radius 3 is 2.70 bits per heavy atom. The van der Waals surface area contributed by atoms with E-state index in [9.17, 15) is 0 Å². The number of benzene rings is 1. The van der Waals surface area contributed by atoms with Gasteiger partial charge in [0.2, 0.25) is 5.95 Å². The lowest BCUT2D eigenvalue weighted by atomic mass is 10.0. The van der Waals surface area contributed by atoms with E-state index in [1.807, 2.05) is 6.07 Å². The fraction of sp³-hybridized carbons (Fsp3) is 0.611. The first kappa shape index (κ1) is 15.0. The number of aromatic amines is 1. The topological polar surface area (TPSA) is 38.4 Å². The van der Waals surface area contributed by atoms with Crippen molar-refractivity contribution in [2.45, 2.75) is 25.3 Å². The molecule has 1 atom stereocenters. The van der Waals surface area contributed by atoms with Crippen molar-refractivity contribution in [3.8, 4) is 0 Å². The maximum atomic E-state index is 4.73. The lowest BCUT2D eigenvalue weighted by Crippen LogP contribution is -2.52. The molecule has 2 fully saturated rings. The van der Waals surface area contributed by atoms with Crippen LogP contribution in [0.15, 0.2) is 24.3 Å². The van der Waals surface area contributed by atoms with Crippen molar-refractivity contribution >= 4 is 17.0 Å². The first-order chi connectivity index (χ1) is 11.3. The minimum absolute atomic E-state index is 0.751. The van der Waals surface area contributed by atoms with E-state index in [0.717, 1.165) is 49.2 Å². The fourth-order valence-electron chi connectivity index (χ4n) is 3.90. The normalized spacial score (nSPS) is 24.4. The molecule has 0 amide bonds. The SMILES string of the molecule is CN1CCCCC1CN1CCN(c2nc3ccccc3[nH]2)CC1. The number of rotatable bonds is 3. The molecule has 2 aliphatic rings. The Balaban J connectivity index is 1.35. The number of para-hydroxylation sites is 2. The molecule has 0 spiro atoms. The molecule has 0 saturated carbocycles. The molecule has 124 valence electrons. The van der Waals surface area contributed by atoms with Gasteiger partial charge < -0.3 is 14.8 Å². The summed E-state index contributed by atoms with van der Waals surface area (Å²) < 4.78 is 0. The van der Waals surface area contributed by atoms with Crippen LogP contribution in [0.2, 0.25) is 0 Å². The number of fused-ring (bicyclic) bond motifs is 1. The van der Waals surface area contributed by atoms with Gasteiger partial charge in [0.1, 0.15) is 0 Å². The molecule has 2 aliphatic heterocycles. The van der Waals surface area contributed by atoms with Crippen LogP contribution >= 0.6 is 0 Å². The van der Waals surface area contributed by atoms with Gasteiger partial charge in [0.15, 0.2) is 0 Å². The summed E-state index contributed by atoms with van der Waals surface area (Å²) in [4.78, 5) is 15.8. The number of nitrogens with one attached hydrogen (secondary N) is 1. The van der Waals surface area contributed by atoms with E-state index in [1.54, 1.807) is 0 Å². The molecule has 5 nitrogen and oxygen atoms in total. The van der Waals surface area contributed by atoms with Crippen molar-refractivity contribution in [1.82, 2.24) is 19.8 Å². The van der Waals surface area contributed by atoms with Crippen LogP contribution in [0.1, 0.15) is 19.3 Å². The van der Waals surface area contributed by atoms with E-state index in [0.29, 0.717) is 0 Å². The zero-order valence-electron chi connectivity index (χ0n) is 14.0. The molecular formula is C18H27N5. The van der Waals surface area contributed by atoms with Gasteiger partial charge in [0.05, 0.1) is 11.0 Å². The molecule has 2 saturated heterocycles. The average Bonchev–Trinajstić information content (AvgIpc) is 3.02. The highest BCUT2D eigenvalue weighted by molar-refractivity contribution is 5.77. The largest absolute Gasteiger partial charge is 0.340 e. The molecule has 4 rings (SSSR count). The fourth-order valence-corrected chi connectivity index (χ4v) is 3.90. The number of aromatic nitrogens is 2. The highest BCUT2D eigenvalue weighted by Gasteiger charge is 2.25. The minimum Gasteiger partial charge on any atom is -0.340 e. The number of likely N-dealkylation sites (tertiary alicyclic amines) is 1. The maximum Gasteiger partial charge on any atom is 0.203 e. The molecular weight excluding hydrogens is 286 g/mol. The van der Waals surface area contributed by atoms with Gasteiger partial charge in [0.25, 0.3) is 0 Å². The highest BCUT2D eigenvalue weighted by atomic mass is 15.3. The van der Waals surface area contributed by atoms with Crippen LogP contribution in [0.3, 0.4) is 0 Å². The summed E-state index contributed by atoms with van der Waals surface area (Å²) >= 11 is 0. The van der Waals surface area contributed by atoms with Gasteiger partial charge >= 0.3 is 0 Å². The highest BCUT2D eigenvalue weighted by Crippen LogP contribution is 2.20. The molecule has 0 bridgehead atoms. The number of nitrogens with zero attached hydrogens (tertiary/aromatic N) is 4. The predicted molar refractivity (Wildman–Crippen MR) is 95.0 cm³/mol. The number of hydrogen-bond acceptors (Lipinski definition) is 4. The monoisotopic (exact) mass is 313 g/mol. The third kappa shape index (κ3) is 3.21. The quantitative estimate of drug-likeness (QED) is 0.942. The van der Waals surface area contributed by atoms with E-state index in [-0.39, 0.29) is 0 Å². The molecule has 2 aromatic rings. The summed E-state index contributed by atoms with van der Waals surface area (Å²) in [6.45, 7) is 6.91. The van der Waals surface area contributed by atoms with E-state index >= 15 is 0 Å². The zero-order chi connectivity index (χ0) is 15.6. The standard InChI is InChI=1S/C18H27N5/c1-21-9-5-4-6-15(21)14-22-10-12-23(13-11-22)18-19-16-7-2-3-8-17(16)20-18/h2-3,7-8,15H,4-6,9-14H2,1H3,(H,19,20). The van der Waals surface area contributed by atoms with Gasteiger partial charge in [-0.3, -0.25) is 4.90 Å². The lowest BCUT2D eigenvalue weighted by Gasteiger charge is -2.40. The van der Waals surface area contributed by atoms with Crippen molar-refractivity contribution in [3.05, 3.63) is 24.3 Å². The van der Waals surface area contributed by atoms with Crippen molar-refractivity contribution in [3.63, 3.8) is 0 Å². The Kier molecular flexibility index (Phi) is 4.23. The van der Waals surface area contributed by atoms with Crippen LogP contribution in [-0.2, 0) is 0 Å². The second kappa shape index (κ2) is 6.49. The molecule has 5 heteroatoms. The second-order valence-electron chi connectivity index (χ2n) is 7.00. The smallest absolute Gasteiger partial charge is 0.203 e. The van der Waals surface area contributed by atoms with E-state index < -0.39 is 0 Å². The average molecular weight is 313 g/mol. The summed E-state index contributed by atoms with van der Waals surface area (Å²) in [6, 6.07) is 9.03. The summed E-state index contributed by atoms with van der Waals surface area (Å²) in [5.74, 6) is 1.03. The minimum atomic E-state index is 0.751.